The molecule has 6 N–H and O–H groups in total. The molecule has 2 aromatic rings. The second kappa shape index (κ2) is 7.37. The van der Waals surface area contributed by atoms with Gasteiger partial charge in [-0.3, -0.25) is 9.59 Å². The van der Waals surface area contributed by atoms with Crippen molar-refractivity contribution in [3.05, 3.63) is 23.3 Å². The van der Waals surface area contributed by atoms with Gasteiger partial charge in [-0.25, -0.2) is 4.98 Å². The smallest absolute Gasteiger partial charge is 0.265 e. The van der Waals surface area contributed by atoms with Gasteiger partial charge < -0.3 is 21.8 Å². The third-order valence-corrected chi connectivity index (χ3v) is 5.64. The number of hydrogen-bond donors (Lipinski definition) is 4. The Morgan fingerprint density at radius 1 is 1.32 bits per heavy atom. The van der Waals surface area contributed by atoms with Crippen molar-refractivity contribution in [1.29, 1.82) is 0 Å². The van der Waals surface area contributed by atoms with Crippen molar-refractivity contribution in [2.45, 2.75) is 38.5 Å². The number of hydrogen-bond acceptors (Lipinski definition) is 5. The quantitative estimate of drug-likeness (QED) is 0.630. The minimum Gasteiger partial charge on any atom is -0.364 e. The van der Waals surface area contributed by atoms with Gasteiger partial charge in [0, 0.05) is 23.6 Å². The largest absolute Gasteiger partial charge is 0.364 e. The van der Waals surface area contributed by atoms with E-state index in [1.54, 1.807) is 12.3 Å². The predicted molar refractivity (Wildman–Crippen MR) is 98.2 cm³/mol. The SMILES string of the molecule is NCC1(CC(=O)Nc2nc(-c3c[nH]c(C(N)=O)c3)cs2)CCCCC1. The van der Waals surface area contributed by atoms with Gasteiger partial charge in [0.25, 0.3) is 5.91 Å². The Morgan fingerprint density at radius 3 is 2.72 bits per heavy atom. The van der Waals surface area contributed by atoms with Crippen molar-refractivity contribution in [2.24, 2.45) is 16.9 Å². The van der Waals surface area contributed by atoms with Crippen LogP contribution in [0.5, 0.6) is 0 Å². The average molecular weight is 361 g/mol. The molecule has 0 radical (unpaired) electrons. The number of amides is 2. The Labute approximate surface area is 150 Å². The highest BCUT2D eigenvalue weighted by atomic mass is 32.1. The Hall–Kier alpha value is -2.19. The van der Waals surface area contributed by atoms with E-state index in [-0.39, 0.29) is 11.3 Å². The number of aromatic amines is 1. The number of carbonyl (C=O) groups excluding carboxylic acids is 2. The van der Waals surface area contributed by atoms with E-state index < -0.39 is 5.91 Å². The third kappa shape index (κ3) is 4.08. The van der Waals surface area contributed by atoms with Gasteiger partial charge in [-0.2, -0.15) is 0 Å². The number of aromatic nitrogens is 2. The first-order chi connectivity index (χ1) is 12.0. The van der Waals surface area contributed by atoms with Crippen molar-refractivity contribution in [3.8, 4) is 11.3 Å². The standard InChI is InChI=1S/C17H23N5O2S/c18-10-17(4-2-1-3-5-17)7-14(23)22-16-21-13(9-25-16)11-6-12(15(19)24)20-8-11/h6,8-9,20H,1-5,7,10,18H2,(H2,19,24)(H,21,22,23). The molecule has 25 heavy (non-hydrogen) atoms. The van der Waals surface area contributed by atoms with E-state index in [1.165, 1.54) is 17.8 Å². The molecule has 1 saturated carbocycles. The summed E-state index contributed by atoms with van der Waals surface area (Å²) in [6.07, 6.45) is 7.64. The van der Waals surface area contributed by atoms with E-state index in [2.05, 4.69) is 15.3 Å². The lowest BCUT2D eigenvalue weighted by Gasteiger charge is -2.35. The van der Waals surface area contributed by atoms with Crippen molar-refractivity contribution >= 4 is 28.3 Å². The Kier molecular flexibility index (Phi) is 5.19. The van der Waals surface area contributed by atoms with E-state index in [9.17, 15) is 9.59 Å². The molecule has 0 atom stereocenters. The molecule has 1 fully saturated rings. The van der Waals surface area contributed by atoms with Crippen LogP contribution in [0.2, 0.25) is 0 Å². The minimum atomic E-state index is -0.519. The maximum atomic E-state index is 12.4. The van der Waals surface area contributed by atoms with E-state index in [4.69, 9.17) is 11.5 Å². The molecule has 0 spiro atoms. The van der Waals surface area contributed by atoms with Gasteiger partial charge in [-0.05, 0) is 30.9 Å². The van der Waals surface area contributed by atoms with Gasteiger partial charge in [0.2, 0.25) is 5.91 Å². The fourth-order valence-electron chi connectivity index (χ4n) is 3.41. The van der Waals surface area contributed by atoms with Crippen LogP contribution in [0.3, 0.4) is 0 Å². The molecule has 0 aromatic carbocycles. The molecule has 3 rings (SSSR count). The molecule has 0 bridgehead atoms. The Bertz CT molecular complexity index is 761. The first kappa shape index (κ1) is 17.6. The van der Waals surface area contributed by atoms with Crippen LogP contribution in [0.15, 0.2) is 17.6 Å². The summed E-state index contributed by atoms with van der Waals surface area (Å²) in [5.74, 6) is -0.560. The molecule has 2 aromatic heterocycles. The molecule has 7 nitrogen and oxygen atoms in total. The van der Waals surface area contributed by atoms with E-state index in [1.807, 2.05) is 5.38 Å². The fourth-order valence-corrected chi connectivity index (χ4v) is 4.14. The molecule has 8 heteroatoms. The summed E-state index contributed by atoms with van der Waals surface area (Å²) in [6, 6.07) is 1.65. The van der Waals surface area contributed by atoms with Gasteiger partial charge in [-0.15, -0.1) is 11.3 Å². The number of carbonyl (C=O) groups is 2. The van der Waals surface area contributed by atoms with Crippen molar-refractivity contribution in [3.63, 3.8) is 0 Å². The van der Waals surface area contributed by atoms with E-state index in [0.717, 1.165) is 31.2 Å². The molecule has 2 heterocycles. The first-order valence-corrected chi connectivity index (χ1v) is 9.33. The van der Waals surface area contributed by atoms with Crippen LogP contribution in [0.1, 0.15) is 49.0 Å². The molecular formula is C17H23N5O2S. The normalized spacial score (nSPS) is 16.5. The molecular weight excluding hydrogens is 338 g/mol. The van der Waals surface area contributed by atoms with E-state index >= 15 is 0 Å². The molecule has 0 unspecified atom stereocenters. The highest BCUT2D eigenvalue weighted by Gasteiger charge is 2.33. The topological polar surface area (TPSA) is 127 Å². The highest BCUT2D eigenvalue weighted by molar-refractivity contribution is 7.14. The van der Waals surface area contributed by atoms with Crippen LogP contribution in [-0.2, 0) is 4.79 Å². The summed E-state index contributed by atoms with van der Waals surface area (Å²) in [5, 5.41) is 5.26. The van der Waals surface area contributed by atoms with Gasteiger partial charge in [0.05, 0.1) is 5.69 Å². The lowest BCUT2D eigenvalue weighted by atomic mass is 9.72. The van der Waals surface area contributed by atoms with Crippen molar-refractivity contribution < 1.29 is 9.59 Å². The Morgan fingerprint density at radius 2 is 2.08 bits per heavy atom. The maximum Gasteiger partial charge on any atom is 0.265 e. The molecule has 0 aliphatic heterocycles. The lowest BCUT2D eigenvalue weighted by molar-refractivity contribution is -0.118. The molecule has 134 valence electrons. The summed E-state index contributed by atoms with van der Waals surface area (Å²) in [5.41, 5.74) is 12.9. The number of primary amides is 1. The van der Waals surface area contributed by atoms with Crippen LogP contribution in [0.4, 0.5) is 5.13 Å². The summed E-state index contributed by atoms with van der Waals surface area (Å²) < 4.78 is 0. The van der Waals surface area contributed by atoms with Gasteiger partial charge in [0.1, 0.15) is 5.69 Å². The van der Waals surface area contributed by atoms with Crippen LogP contribution in [0.25, 0.3) is 11.3 Å². The highest BCUT2D eigenvalue weighted by Crippen LogP contribution is 2.38. The summed E-state index contributed by atoms with van der Waals surface area (Å²) in [6.45, 7) is 0.544. The minimum absolute atomic E-state index is 0.0415. The van der Waals surface area contributed by atoms with Crippen LogP contribution in [0, 0.1) is 5.41 Å². The summed E-state index contributed by atoms with van der Waals surface area (Å²) >= 11 is 1.35. The Balaban J connectivity index is 1.64. The fraction of sp³-hybridized carbons (Fsp3) is 0.471. The van der Waals surface area contributed by atoms with Gasteiger partial charge >= 0.3 is 0 Å². The van der Waals surface area contributed by atoms with E-state index in [0.29, 0.717) is 29.5 Å². The van der Waals surface area contributed by atoms with Gasteiger partial charge in [0.15, 0.2) is 5.13 Å². The number of nitrogens with two attached hydrogens (primary N) is 2. The van der Waals surface area contributed by atoms with Crippen LogP contribution < -0.4 is 16.8 Å². The predicted octanol–water partition coefficient (Wildman–Crippen LogP) is 2.47. The summed E-state index contributed by atoms with van der Waals surface area (Å²) in [7, 11) is 0. The monoisotopic (exact) mass is 361 g/mol. The van der Waals surface area contributed by atoms with Crippen molar-refractivity contribution in [1.82, 2.24) is 9.97 Å². The maximum absolute atomic E-state index is 12.4. The zero-order valence-corrected chi connectivity index (χ0v) is 14.8. The second-order valence-electron chi connectivity index (χ2n) is 6.69. The number of rotatable bonds is 6. The average Bonchev–Trinajstić information content (AvgIpc) is 3.24. The molecule has 1 aliphatic rings. The number of thiazole rings is 1. The second-order valence-corrected chi connectivity index (χ2v) is 7.55. The number of nitrogens with zero attached hydrogens (tertiary/aromatic N) is 1. The van der Waals surface area contributed by atoms with Crippen molar-refractivity contribution in [2.75, 3.05) is 11.9 Å². The number of anilines is 1. The van der Waals surface area contributed by atoms with Crippen LogP contribution in [-0.4, -0.2) is 28.3 Å². The first-order valence-electron chi connectivity index (χ1n) is 8.45. The number of H-pyrrole nitrogens is 1. The van der Waals surface area contributed by atoms with Gasteiger partial charge in [-0.1, -0.05) is 19.3 Å². The third-order valence-electron chi connectivity index (χ3n) is 4.88. The molecule has 0 saturated heterocycles. The number of nitrogens with one attached hydrogen (secondary N) is 2. The zero-order chi connectivity index (χ0) is 17.9. The lowest BCUT2D eigenvalue weighted by Crippen LogP contribution is -2.36. The molecule has 1 aliphatic carbocycles. The molecule has 2 amide bonds. The van der Waals surface area contributed by atoms with Crippen LogP contribution >= 0.6 is 11.3 Å². The summed E-state index contributed by atoms with van der Waals surface area (Å²) in [4.78, 5) is 30.8. The zero-order valence-electron chi connectivity index (χ0n) is 14.0.